The Hall–Kier alpha value is -1.91. The Morgan fingerprint density at radius 2 is 2.07 bits per heavy atom. The van der Waals surface area contributed by atoms with Gasteiger partial charge < -0.3 is 0 Å². The molecule has 2 aromatic rings. The minimum Gasteiger partial charge on any atom is -0.281 e. The molecule has 5 heteroatoms. The van der Waals surface area contributed by atoms with Crippen LogP contribution in [0.25, 0.3) is 11.0 Å². The van der Waals surface area contributed by atoms with Crippen molar-refractivity contribution in [2.45, 2.75) is 6.92 Å². The molecule has 0 saturated carbocycles. The van der Waals surface area contributed by atoms with Gasteiger partial charge in [0.25, 0.3) is 5.56 Å². The first-order chi connectivity index (χ1) is 6.59. The van der Waals surface area contributed by atoms with E-state index < -0.39 is 11.2 Å². The molecule has 1 N–H and O–H groups in total. The largest absolute Gasteiger partial charge is 0.329 e. The van der Waals surface area contributed by atoms with Crippen molar-refractivity contribution in [1.82, 2.24) is 14.5 Å². The standard InChI is InChI=1S/C9H9N3O2/c1-5-3-4-6-7(10-5)12(2)9(14)11-8(6)13/h3-4H,1-2H3,(H,11,13,14). The summed E-state index contributed by atoms with van der Waals surface area (Å²) < 4.78 is 1.32. The lowest BCUT2D eigenvalue weighted by Crippen LogP contribution is -2.28. The number of nitrogens with zero attached hydrogens (tertiary/aromatic N) is 2. The summed E-state index contributed by atoms with van der Waals surface area (Å²) in [6.45, 7) is 1.81. The van der Waals surface area contributed by atoms with Crippen LogP contribution in [0, 0.1) is 6.92 Å². The fourth-order valence-electron chi connectivity index (χ4n) is 1.32. The maximum Gasteiger partial charge on any atom is 0.329 e. The minimum absolute atomic E-state index is 0.393. The van der Waals surface area contributed by atoms with Crippen molar-refractivity contribution < 1.29 is 0 Å². The second-order valence-electron chi connectivity index (χ2n) is 3.14. The van der Waals surface area contributed by atoms with E-state index >= 15 is 0 Å². The number of fused-ring (bicyclic) bond motifs is 1. The summed E-state index contributed by atoms with van der Waals surface area (Å²) >= 11 is 0. The first-order valence-corrected chi connectivity index (χ1v) is 4.16. The third-order valence-corrected chi connectivity index (χ3v) is 2.10. The smallest absolute Gasteiger partial charge is 0.281 e. The number of aromatic amines is 1. The van der Waals surface area contributed by atoms with Gasteiger partial charge in [0, 0.05) is 12.7 Å². The molecule has 0 atom stereocenters. The van der Waals surface area contributed by atoms with E-state index in [-0.39, 0.29) is 0 Å². The van der Waals surface area contributed by atoms with Crippen molar-refractivity contribution >= 4 is 11.0 Å². The SMILES string of the molecule is Cc1ccc2c(=O)[nH]c(=O)n(C)c2n1. The highest BCUT2D eigenvalue weighted by Crippen LogP contribution is 2.03. The monoisotopic (exact) mass is 191 g/mol. The van der Waals surface area contributed by atoms with E-state index in [4.69, 9.17) is 0 Å². The van der Waals surface area contributed by atoms with Crippen LogP contribution in [-0.2, 0) is 7.05 Å². The Morgan fingerprint density at radius 1 is 1.36 bits per heavy atom. The molecule has 2 aromatic heterocycles. The van der Waals surface area contributed by atoms with Gasteiger partial charge in [0.2, 0.25) is 0 Å². The van der Waals surface area contributed by atoms with Crippen LogP contribution in [0.15, 0.2) is 21.7 Å². The fraction of sp³-hybridized carbons (Fsp3) is 0.222. The maximum atomic E-state index is 11.4. The first kappa shape index (κ1) is 8.68. The molecule has 0 aliphatic carbocycles. The number of aromatic nitrogens is 3. The highest BCUT2D eigenvalue weighted by Gasteiger charge is 2.04. The molecule has 0 saturated heterocycles. The number of aryl methyl sites for hydroxylation is 2. The number of H-pyrrole nitrogens is 1. The topological polar surface area (TPSA) is 67.8 Å². The van der Waals surface area contributed by atoms with Crippen molar-refractivity contribution in [3.05, 3.63) is 38.7 Å². The Labute approximate surface area is 79.0 Å². The maximum absolute atomic E-state index is 11.4. The van der Waals surface area contributed by atoms with E-state index in [9.17, 15) is 9.59 Å². The van der Waals surface area contributed by atoms with Crippen molar-refractivity contribution in [1.29, 1.82) is 0 Å². The van der Waals surface area contributed by atoms with Crippen LogP contribution in [0.1, 0.15) is 5.69 Å². The summed E-state index contributed by atoms with van der Waals surface area (Å²) in [5.74, 6) is 0. The van der Waals surface area contributed by atoms with E-state index in [1.54, 1.807) is 19.2 Å². The summed E-state index contributed by atoms with van der Waals surface area (Å²) in [6.07, 6.45) is 0. The average molecular weight is 191 g/mol. The summed E-state index contributed by atoms with van der Waals surface area (Å²) in [6, 6.07) is 3.40. The van der Waals surface area contributed by atoms with Gasteiger partial charge in [0.05, 0.1) is 5.39 Å². The van der Waals surface area contributed by atoms with Crippen LogP contribution in [0.3, 0.4) is 0 Å². The number of rotatable bonds is 0. The molecule has 0 unspecified atom stereocenters. The van der Waals surface area contributed by atoms with Crippen LogP contribution >= 0.6 is 0 Å². The number of hydrogen-bond donors (Lipinski definition) is 1. The van der Waals surface area contributed by atoms with Crippen LogP contribution in [-0.4, -0.2) is 14.5 Å². The van der Waals surface area contributed by atoms with Gasteiger partial charge in [0.1, 0.15) is 5.65 Å². The van der Waals surface area contributed by atoms with Crippen LogP contribution < -0.4 is 11.2 Å². The van der Waals surface area contributed by atoms with E-state index in [1.165, 1.54) is 4.57 Å². The van der Waals surface area contributed by atoms with Crippen molar-refractivity contribution in [3.63, 3.8) is 0 Å². The molecule has 72 valence electrons. The lowest BCUT2D eigenvalue weighted by atomic mass is 10.3. The highest BCUT2D eigenvalue weighted by atomic mass is 16.2. The Morgan fingerprint density at radius 3 is 2.79 bits per heavy atom. The van der Waals surface area contributed by atoms with E-state index in [0.717, 1.165) is 5.69 Å². The lowest BCUT2D eigenvalue weighted by molar-refractivity contribution is 0.826. The number of pyridine rings is 1. The van der Waals surface area contributed by atoms with Crippen molar-refractivity contribution in [2.75, 3.05) is 0 Å². The van der Waals surface area contributed by atoms with Gasteiger partial charge in [-0.25, -0.2) is 9.78 Å². The van der Waals surface area contributed by atoms with E-state index in [2.05, 4.69) is 9.97 Å². The molecule has 2 heterocycles. The molecule has 0 fully saturated rings. The Balaban J connectivity index is 3.11. The lowest BCUT2D eigenvalue weighted by Gasteiger charge is -2.02. The van der Waals surface area contributed by atoms with E-state index in [1.807, 2.05) is 6.92 Å². The quantitative estimate of drug-likeness (QED) is 0.633. The average Bonchev–Trinajstić information content (AvgIpc) is 2.14. The minimum atomic E-state index is -0.444. The van der Waals surface area contributed by atoms with E-state index in [0.29, 0.717) is 11.0 Å². The van der Waals surface area contributed by atoms with Gasteiger partial charge >= 0.3 is 5.69 Å². The third kappa shape index (κ3) is 1.14. The summed E-state index contributed by atoms with van der Waals surface area (Å²) in [4.78, 5) is 28.9. The molecule has 0 radical (unpaired) electrons. The van der Waals surface area contributed by atoms with Gasteiger partial charge in [-0.05, 0) is 19.1 Å². The van der Waals surface area contributed by atoms with Crippen LogP contribution in [0.4, 0.5) is 0 Å². The summed E-state index contributed by atoms with van der Waals surface area (Å²) in [5, 5.41) is 0.428. The molecule has 0 aliphatic heterocycles. The van der Waals surface area contributed by atoms with Gasteiger partial charge in [-0.1, -0.05) is 0 Å². The number of hydrogen-bond acceptors (Lipinski definition) is 3. The van der Waals surface area contributed by atoms with Crippen LogP contribution in [0.2, 0.25) is 0 Å². The van der Waals surface area contributed by atoms with Gasteiger partial charge in [-0.3, -0.25) is 14.3 Å². The predicted octanol–water partition coefficient (Wildman–Crippen LogP) is -0.0698. The second-order valence-corrected chi connectivity index (χ2v) is 3.14. The molecule has 5 nitrogen and oxygen atoms in total. The zero-order chi connectivity index (χ0) is 10.3. The summed E-state index contributed by atoms with van der Waals surface area (Å²) in [7, 11) is 1.58. The molecular weight excluding hydrogens is 182 g/mol. The van der Waals surface area contributed by atoms with Crippen LogP contribution in [0.5, 0.6) is 0 Å². The molecule has 0 aromatic carbocycles. The number of nitrogens with one attached hydrogen (secondary N) is 1. The van der Waals surface area contributed by atoms with Gasteiger partial charge in [0.15, 0.2) is 0 Å². The molecule has 0 amide bonds. The molecule has 2 rings (SSSR count). The van der Waals surface area contributed by atoms with Crippen molar-refractivity contribution in [3.8, 4) is 0 Å². The molecule has 0 spiro atoms. The second kappa shape index (κ2) is 2.80. The first-order valence-electron chi connectivity index (χ1n) is 4.16. The Kier molecular flexibility index (Phi) is 1.73. The normalized spacial score (nSPS) is 10.7. The summed E-state index contributed by atoms with van der Waals surface area (Å²) in [5.41, 5.74) is 0.355. The zero-order valence-electron chi connectivity index (χ0n) is 7.87. The fourth-order valence-corrected chi connectivity index (χ4v) is 1.32. The molecule has 0 aliphatic rings. The zero-order valence-corrected chi connectivity index (χ0v) is 7.87. The molecular formula is C9H9N3O2. The predicted molar refractivity (Wildman–Crippen MR) is 52.3 cm³/mol. The van der Waals surface area contributed by atoms with Gasteiger partial charge in [-0.2, -0.15) is 0 Å². The Bertz CT molecular complexity index is 609. The van der Waals surface area contributed by atoms with Crippen molar-refractivity contribution in [2.24, 2.45) is 7.05 Å². The van der Waals surface area contributed by atoms with Gasteiger partial charge in [-0.15, -0.1) is 0 Å². The highest BCUT2D eigenvalue weighted by molar-refractivity contribution is 5.73. The molecule has 0 bridgehead atoms. The third-order valence-electron chi connectivity index (χ3n) is 2.10. The molecule has 14 heavy (non-hydrogen) atoms.